The summed E-state index contributed by atoms with van der Waals surface area (Å²) in [5, 5.41) is 0.738. The lowest BCUT2D eigenvalue weighted by molar-refractivity contribution is 0.139. The number of nitrogens with one attached hydrogen (secondary N) is 1. The fourth-order valence-corrected chi connectivity index (χ4v) is 3.37. The number of H-pyrrole nitrogens is 1. The zero-order valence-corrected chi connectivity index (χ0v) is 11.3. The Morgan fingerprint density at radius 2 is 2.22 bits per heavy atom. The number of nitrogens with zero attached hydrogens (tertiary/aromatic N) is 2. The highest BCUT2D eigenvalue weighted by molar-refractivity contribution is 7.18. The van der Waals surface area contributed by atoms with E-state index in [1.54, 1.807) is 11.3 Å². The minimum Gasteiger partial charge on any atom is -0.325 e. The van der Waals surface area contributed by atoms with Crippen molar-refractivity contribution in [3.05, 3.63) is 26.6 Å². The molecule has 2 aromatic rings. The molecule has 3 heterocycles. The summed E-state index contributed by atoms with van der Waals surface area (Å²) >= 11 is 1.59. The topological polar surface area (TPSA) is 75.0 Å². The molecule has 0 bridgehead atoms. The number of nitrogens with two attached hydrogens (primary N) is 1. The molecular weight excluding hydrogens is 248 g/mol. The van der Waals surface area contributed by atoms with Crippen LogP contribution >= 0.6 is 11.3 Å². The summed E-state index contributed by atoms with van der Waals surface area (Å²) in [7, 11) is 0. The molecule has 2 aromatic heterocycles. The molecule has 0 amide bonds. The molecule has 3 N–H and O–H groups in total. The molecule has 1 aliphatic heterocycles. The van der Waals surface area contributed by atoms with E-state index in [-0.39, 0.29) is 11.6 Å². The molecule has 0 atom stereocenters. The third-order valence-electron chi connectivity index (χ3n) is 3.45. The van der Waals surface area contributed by atoms with Gasteiger partial charge in [0.15, 0.2) is 0 Å². The summed E-state index contributed by atoms with van der Waals surface area (Å²) in [6, 6.07) is 0.270. The summed E-state index contributed by atoms with van der Waals surface area (Å²) in [6.07, 6.45) is 0. The third-order valence-corrected chi connectivity index (χ3v) is 4.55. The van der Waals surface area contributed by atoms with E-state index in [0.717, 1.165) is 39.6 Å². The van der Waals surface area contributed by atoms with E-state index in [1.165, 1.54) is 0 Å². The summed E-state index contributed by atoms with van der Waals surface area (Å²) in [5.74, 6) is 0.737. The summed E-state index contributed by atoms with van der Waals surface area (Å²) in [6.45, 7) is 6.43. The van der Waals surface area contributed by atoms with E-state index < -0.39 is 0 Å². The second kappa shape index (κ2) is 4.15. The molecule has 5 nitrogen and oxygen atoms in total. The third kappa shape index (κ3) is 1.86. The van der Waals surface area contributed by atoms with Crippen molar-refractivity contribution in [3.8, 4) is 0 Å². The van der Waals surface area contributed by atoms with Gasteiger partial charge in [-0.15, -0.1) is 11.3 Å². The fraction of sp³-hybridized carbons (Fsp3) is 0.500. The van der Waals surface area contributed by atoms with Gasteiger partial charge >= 0.3 is 0 Å². The van der Waals surface area contributed by atoms with E-state index in [9.17, 15) is 4.79 Å². The molecule has 18 heavy (non-hydrogen) atoms. The molecule has 0 saturated carbocycles. The Hall–Kier alpha value is -1.24. The van der Waals surface area contributed by atoms with Crippen LogP contribution in [0.15, 0.2) is 4.79 Å². The molecule has 0 radical (unpaired) electrons. The van der Waals surface area contributed by atoms with E-state index in [1.807, 2.05) is 13.8 Å². The zero-order valence-electron chi connectivity index (χ0n) is 10.5. The van der Waals surface area contributed by atoms with E-state index in [0.29, 0.717) is 6.54 Å². The lowest BCUT2D eigenvalue weighted by atomic mass is 10.1. The van der Waals surface area contributed by atoms with Crippen LogP contribution < -0.4 is 11.3 Å². The number of aromatic nitrogens is 2. The minimum atomic E-state index is -0.0262. The van der Waals surface area contributed by atoms with Gasteiger partial charge in [0.05, 0.1) is 11.9 Å². The first-order valence-corrected chi connectivity index (χ1v) is 6.83. The van der Waals surface area contributed by atoms with Gasteiger partial charge in [0.2, 0.25) is 0 Å². The number of hydrogen-bond acceptors (Lipinski definition) is 5. The van der Waals surface area contributed by atoms with Gasteiger partial charge in [-0.2, -0.15) is 0 Å². The van der Waals surface area contributed by atoms with Crippen molar-refractivity contribution < 1.29 is 0 Å². The van der Waals surface area contributed by atoms with Crippen LogP contribution in [-0.2, 0) is 6.54 Å². The van der Waals surface area contributed by atoms with Crippen molar-refractivity contribution >= 4 is 21.6 Å². The predicted octanol–water partition coefficient (Wildman–Crippen LogP) is 0.744. The second-order valence-corrected chi connectivity index (χ2v) is 6.13. The molecule has 96 valence electrons. The first-order valence-electron chi connectivity index (χ1n) is 6.01. The van der Waals surface area contributed by atoms with Gasteiger partial charge in [-0.05, 0) is 19.4 Å². The van der Waals surface area contributed by atoms with Crippen molar-refractivity contribution in [3.63, 3.8) is 0 Å². The molecule has 1 saturated heterocycles. The molecule has 3 rings (SSSR count). The predicted molar refractivity (Wildman–Crippen MR) is 73.0 cm³/mol. The highest BCUT2D eigenvalue weighted by atomic mass is 32.1. The van der Waals surface area contributed by atoms with Crippen molar-refractivity contribution in [2.75, 3.05) is 13.1 Å². The number of aryl methyl sites for hydroxylation is 2. The highest BCUT2D eigenvalue weighted by Crippen LogP contribution is 2.25. The van der Waals surface area contributed by atoms with Crippen molar-refractivity contribution in [2.45, 2.75) is 26.4 Å². The minimum absolute atomic E-state index is 0.0262. The van der Waals surface area contributed by atoms with Crippen LogP contribution in [0.2, 0.25) is 0 Å². The average molecular weight is 264 g/mol. The summed E-state index contributed by atoms with van der Waals surface area (Å²) < 4.78 is 0. The second-order valence-electron chi connectivity index (χ2n) is 4.93. The van der Waals surface area contributed by atoms with E-state index >= 15 is 0 Å². The van der Waals surface area contributed by atoms with E-state index in [2.05, 4.69) is 14.9 Å². The number of fused-ring (bicyclic) bond motifs is 1. The number of aromatic amines is 1. The van der Waals surface area contributed by atoms with Crippen LogP contribution in [0.4, 0.5) is 0 Å². The van der Waals surface area contributed by atoms with Crippen molar-refractivity contribution in [1.29, 1.82) is 0 Å². The van der Waals surface area contributed by atoms with Crippen LogP contribution in [0, 0.1) is 13.8 Å². The molecule has 1 fully saturated rings. The largest absolute Gasteiger partial charge is 0.325 e. The molecule has 0 aliphatic carbocycles. The zero-order chi connectivity index (χ0) is 12.9. The van der Waals surface area contributed by atoms with Gasteiger partial charge in [-0.25, -0.2) is 4.98 Å². The molecule has 0 spiro atoms. The lowest BCUT2D eigenvalue weighted by Gasteiger charge is -2.36. The van der Waals surface area contributed by atoms with Crippen LogP contribution in [0.5, 0.6) is 0 Å². The molecule has 0 aromatic carbocycles. The summed E-state index contributed by atoms with van der Waals surface area (Å²) in [5.41, 5.74) is 6.75. The molecule has 1 aliphatic rings. The van der Waals surface area contributed by atoms with Gasteiger partial charge in [-0.1, -0.05) is 0 Å². The SMILES string of the molecule is Cc1sc2nc(CN3CC(N)C3)[nH]c(=O)c2c1C. The fourth-order valence-electron chi connectivity index (χ4n) is 2.32. The maximum Gasteiger partial charge on any atom is 0.259 e. The maximum atomic E-state index is 12.1. The van der Waals surface area contributed by atoms with Crippen LogP contribution in [0.3, 0.4) is 0 Å². The number of rotatable bonds is 2. The molecule has 6 heteroatoms. The molecular formula is C12H16N4OS. The first kappa shape index (κ1) is 11.8. The number of thiophene rings is 1. The van der Waals surface area contributed by atoms with Crippen LogP contribution in [0.1, 0.15) is 16.3 Å². The number of likely N-dealkylation sites (tertiary alicyclic amines) is 1. The summed E-state index contributed by atoms with van der Waals surface area (Å²) in [4.78, 5) is 23.7. The highest BCUT2D eigenvalue weighted by Gasteiger charge is 2.23. The number of hydrogen-bond donors (Lipinski definition) is 2. The van der Waals surface area contributed by atoms with Gasteiger partial charge < -0.3 is 10.7 Å². The molecule has 0 unspecified atom stereocenters. The van der Waals surface area contributed by atoms with E-state index in [4.69, 9.17) is 5.73 Å². The Bertz CT molecular complexity index is 654. The van der Waals surface area contributed by atoms with Gasteiger partial charge in [-0.3, -0.25) is 9.69 Å². The van der Waals surface area contributed by atoms with Gasteiger partial charge in [0, 0.05) is 24.0 Å². The Morgan fingerprint density at radius 3 is 2.89 bits per heavy atom. The normalized spacial score (nSPS) is 17.3. The standard InChI is InChI=1S/C12H16N4OS/c1-6-7(2)18-12-10(6)11(17)14-9(15-12)5-16-3-8(13)4-16/h8H,3-5,13H2,1-2H3,(H,14,15,17). The maximum absolute atomic E-state index is 12.1. The van der Waals surface area contributed by atoms with Gasteiger partial charge in [0.25, 0.3) is 5.56 Å². The monoisotopic (exact) mass is 264 g/mol. The van der Waals surface area contributed by atoms with Crippen LogP contribution in [0.25, 0.3) is 10.2 Å². The lowest BCUT2D eigenvalue weighted by Crippen LogP contribution is -2.55. The quantitative estimate of drug-likeness (QED) is 0.839. The Morgan fingerprint density at radius 1 is 1.50 bits per heavy atom. The Balaban J connectivity index is 1.97. The van der Waals surface area contributed by atoms with Crippen LogP contribution in [-0.4, -0.2) is 34.0 Å². The Labute approximate surface area is 109 Å². The average Bonchev–Trinajstić information content (AvgIpc) is 2.53. The van der Waals surface area contributed by atoms with Crippen molar-refractivity contribution in [1.82, 2.24) is 14.9 Å². The smallest absolute Gasteiger partial charge is 0.259 e. The Kier molecular flexibility index (Phi) is 2.73. The van der Waals surface area contributed by atoms with Gasteiger partial charge in [0.1, 0.15) is 10.7 Å². The first-order chi connectivity index (χ1) is 8.54. The van der Waals surface area contributed by atoms with Crippen molar-refractivity contribution in [2.24, 2.45) is 5.73 Å².